The molecule has 2 rings (SSSR count). The standard InChI is InChI=1S/C12H18ClN3/c13-10-3-6-12(16-8-10)15-7-9-1-4-11(14)5-2-9/h3,6,8-9,11H,1-2,4-5,7,14H2,(H,15,16). The summed E-state index contributed by atoms with van der Waals surface area (Å²) in [5.41, 5.74) is 5.87. The van der Waals surface area contributed by atoms with Crippen molar-refractivity contribution < 1.29 is 0 Å². The molecule has 16 heavy (non-hydrogen) atoms. The molecule has 0 saturated heterocycles. The van der Waals surface area contributed by atoms with Crippen LogP contribution < -0.4 is 11.1 Å². The molecule has 4 heteroatoms. The fraction of sp³-hybridized carbons (Fsp3) is 0.583. The van der Waals surface area contributed by atoms with E-state index in [9.17, 15) is 0 Å². The molecule has 0 spiro atoms. The average Bonchev–Trinajstić information content (AvgIpc) is 2.30. The SMILES string of the molecule is NC1CCC(CNc2ccc(Cl)cn2)CC1. The van der Waals surface area contributed by atoms with E-state index < -0.39 is 0 Å². The van der Waals surface area contributed by atoms with Crippen molar-refractivity contribution in [1.82, 2.24) is 4.98 Å². The van der Waals surface area contributed by atoms with E-state index in [0.717, 1.165) is 31.1 Å². The Balaban J connectivity index is 1.77. The van der Waals surface area contributed by atoms with Crippen molar-refractivity contribution >= 4 is 17.4 Å². The van der Waals surface area contributed by atoms with Crippen LogP contribution in [-0.4, -0.2) is 17.6 Å². The van der Waals surface area contributed by atoms with Gasteiger partial charge in [0.05, 0.1) is 5.02 Å². The second kappa shape index (κ2) is 5.51. The van der Waals surface area contributed by atoms with Crippen LogP contribution in [0.15, 0.2) is 18.3 Å². The second-order valence-electron chi connectivity index (χ2n) is 4.52. The summed E-state index contributed by atoms with van der Waals surface area (Å²) in [6.07, 6.45) is 6.42. The highest BCUT2D eigenvalue weighted by molar-refractivity contribution is 6.30. The lowest BCUT2D eigenvalue weighted by atomic mass is 9.86. The van der Waals surface area contributed by atoms with Crippen molar-refractivity contribution in [3.8, 4) is 0 Å². The number of anilines is 1. The third kappa shape index (κ3) is 3.35. The molecular weight excluding hydrogens is 222 g/mol. The largest absolute Gasteiger partial charge is 0.370 e. The summed E-state index contributed by atoms with van der Waals surface area (Å²) in [6.45, 7) is 0.987. The normalized spacial score (nSPS) is 25.4. The minimum Gasteiger partial charge on any atom is -0.370 e. The molecule has 3 N–H and O–H groups in total. The van der Waals surface area contributed by atoms with E-state index in [1.165, 1.54) is 12.8 Å². The summed E-state index contributed by atoms with van der Waals surface area (Å²) in [5.74, 6) is 1.64. The molecule has 0 aromatic carbocycles. The van der Waals surface area contributed by atoms with E-state index >= 15 is 0 Å². The Morgan fingerprint density at radius 2 is 2.06 bits per heavy atom. The molecule has 1 aliphatic rings. The molecule has 0 aliphatic heterocycles. The van der Waals surface area contributed by atoms with Gasteiger partial charge in [0, 0.05) is 18.8 Å². The van der Waals surface area contributed by atoms with Crippen LogP contribution in [0.3, 0.4) is 0 Å². The van der Waals surface area contributed by atoms with E-state index in [1.807, 2.05) is 12.1 Å². The van der Waals surface area contributed by atoms with Crippen LogP contribution >= 0.6 is 11.6 Å². The molecule has 3 nitrogen and oxygen atoms in total. The summed E-state index contributed by atoms with van der Waals surface area (Å²) in [6, 6.07) is 4.19. The lowest BCUT2D eigenvalue weighted by Gasteiger charge is -2.26. The van der Waals surface area contributed by atoms with E-state index in [0.29, 0.717) is 11.1 Å². The van der Waals surface area contributed by atoms with Crippen LogP contribution in [0.1, 0.15) is 25.7 Å². The van der Waals surface area contributed by atoms with Gasteiger partial charge in [-0.15, -0.1) is 0 Å². The molecule has 1 saturated carbocycles. The third-order valence-corrected chi connectivity index (χ3v) is 3.41. The van der Waals surface area contributed by atoms with Crippen LogP contribution in [0.25, 0.3) is 0 Å². The number of nitrogens with two attached hydrogens (primary N) is 1. The molecule has 1 fully saturated rings. The quantitative estimate of drug-likeness (QED) is 0.853. The second-order valence-corrected chi connectivity index (χ2v) is 4.96. The molecule has 0 atom stereocenters. The number of aromatic nitrogens is 1. The van der Waals surface area contributed by atoms with Gasteiger partial charge in [0.15, 0.2) is 0 Å². The van der Waals surface area contributed by atoms with Crippen molar-refractivity contribution in [2.24, 2.45) is 11.7 Å². The van der Waals surface area contributed by atoms with E-state index in [2.05, 4.69) is 10.3 Å². The van der Waals surface area contributed by atoms with Gasteiger partial charge in [-0.1, -0.05) is 11.6 Å². The van der Waals surface area contributed by atoms with E-state index in [-0.39, 0.29) is 0 Å². The first-order valence-corrected chi connectivity index (χ1v) is 6.23. The lowest BCUT2D eigenvalue weighted by Crippen LogP contribution is -2.29. The Morgan fingerprint density at radius 3 is 2.69 bits per heavy atom. The molecular formula is C12H18ClN3. The lowest BCUT2D eigenvalue weighted by molar-refractivity contribution is 0.338. The summed E-state index contributed by atoms with van der Waals surface area (Å²) >= 11 is 5.77. The number of rotatable bonds is 3. The van der Waals surface area contributed by atoms with Crippen molar-refractivity contribution in [2.45, 2.75) is 31.7 Å². The van der Waals surface area contributed by atoms with Crippen LogP contribution in [0, 0.1) is 5.92 Å². The highest BCUT2D eigenvalue weighted by Gasteiger charge is 2.18. The number of nitrogens with one attached hydrogen (secondary N) is 1. The van der Waals surface area contributed by atoms with Gasteiger partial charge in [-0.05, 0) is 43.7 Å². The van der Waals surface area contributed by atoms with Gasteiger partial charge in [0.25, 0.3) is 0 Å². The number of pyridine rings is 1. The molecule has 0 amide bonds. The maximum Gasteiger partial charge on any atom is 0.125 e. The molecule has 1 heterocycles. The van der Waals surface area contributed by atoms with Gasteiger partial charge in [0.2, 0.25) is 0 Å². The van der Waals surface area contributed by atoms with Gasteiger partial charge >= 0.3 is 0 Å². The van der Waals surface area contributed by atoms with Crippen molar-refractivity contribution in [1.29, 1.82) is 0 Å². The maximum absolute atomic E-state index is 5.87. The highest BCUT2D eigenvalue weighted by Crippen LogP contribution is 2.23. The smallest absolute Gasteiger partial charge is 0.125 e. The summed E-state index contributed by atoms with van der Waals surface area (Å²) < 4.78 is 0. The maximum atomic E-state index is 5.87. The Bertz CT molecular complexity index is 318. The number of nitrogens with zero attached hydrogens (tertiary/aromatic N) is 1. The average molecular weight is 240 g/mol. The predicted octanol–water partition coefficient (Wildman–Crippen LogP) is 2.66. The Morgan fingerprint density at radius 1 is 1.31 bits per heavy atom. The van der Waals surface area contributed by atoms with Gasteiger partial charge in [-0.25, -0.2) is 4.98 Å². The van der Waals surface area contributed by atoms with Crippen molar-refractivity contribution in [3.63, 3.8) is 0 Å². The Hall–Kier alpha value is -0.800. The summed E-state index contributed by atoms with van der Waals surface area (Å²) in [4.78, 5) is 4.21. The highest BCUT2D eigenvalue weighted by atomic mass is 35.5. The van der Waals surface area contributed by atoms with Crippen LogP contribution in [0.2, 0.25) is 5.02 Å². The molecule has 1 aliphatic carbocycles. The number of hydrogen-bond acceptors (Lipinski definition) is 3. The van der Waals surface area contributed by atoms with E-state index in [1.54, 1.807) is 6.20 Å². The minimum atomic E-state index is 0.421. The molecule has 1 aromatic rings. The molecule has 1 aromatic heterocycles. The Kier molecular flexibility index (Phi) is 4.02. The third-order valence-electron chi connectivity index (χ3n) is 3.19. The molecule has 0 bridgehead atoms. The zero-order valence-corrected chi connectivity index (χ0v) is 10.1. The monoisotopic (exact) mass is 239 g/mol. The minimum absolute atomic E-state index is 0.421. The van der Waals surface area contributed by atoms with Gasteiger partial charge in [0.1, 0.15) is 5.82 Å². The number of halogens is 1. The zero-order chi connectivity index (χ0) is 11.4. The first-order chi connectivity index (χ1) is 7.74. The van der Waals surface area contributed by atoms with E-state index in [4.69, 9.17) is 17.3 Å². The van der Waals surface area contributed by atoms with Gasteiger partial charge in [-0.2, -0.15) is 0 Å². The summed E-state index contributed by atoms with van der Waals surface area (Å²) in [5, 5.41) is 4.02. The fourth-order valence-corrected chi connectivity index (χ4v) is 2.23. The molecule has 0 radical (unpaired) electrons. The van der Waals surface area contributed by atoms with Crippen molar-refractivity contribution in [3.05, 3.63) is 23.4 Å². The van der Waals surface area contributed by atoms with Gasteiger partial charge < -0.3 is 11.1 Å². The molecule has 0 unspecified atom stereocenters. The van der Waals surface area contributed by atoms with Crippen molar-refractivity contribution in [2.75, 3.05) is 11.9 Å². The number of hydrogen-bond donors (Lipinski definition) is 2. The molecule has 88 valence electrons. The van der Waals surface area contributed by atoms with Crippen LogP contribution in [0.4, 0.5) is 5.82 Å². The first-order valence-electron chi connectivity index (χ1n) is 5.85. The van der Waals surface area contributed by atoms with Gasteiger partial charge in [-0.3, -0.25) is 0 Å². The predicted molar refractivity (Wildman–Crippen MR) is 67.7 cm³/mol. The van der Waals surface area contributed by atoms with Crippen LogP contribution in [0.5, 0.6) is 0 Å². The summed E-state index contributed by atoms with van der Waals surface area (Å²) in [7, 11) is 0. The Labute approximate surface area is 101 Å². The fourth-order valence-electron chi connectivity index (χ4n) is 2.12. The van der Waals surface area contributed by atoms with Crippen LogP contribution in [-0.2, 0) is 0 Å². The zero-order valence-electron chi connectivity index (χ0n) is 9.32. The first kappa shape index (κ1) is 11.7. The topological polar surface area (TPSA) is 50.9 Å².